The van der Waals surface area contributed by atoms with Crippen LogP contribution in [0.2, 0.25) is 0 Å². The van der Waals surface area contributed by atoms with Crippen molar-refractivity contribution >= 4 is 17.3 Å². The summed E-state index contributed by atoms with van der Waals surface area (Å²) in [7, 11) is 0. The molecular formula is C15H18N4S. The topological polar surface area (TPSA) is 77.3 Å². The first-order chi connectivity index (χ1) is 9.72. The highest BCUT2D eigenvalue weighted by atomic mass is 32.1. The number of hydrogen-bond donors (Lipinski definition) is 2. The van der Waals surface area contributed by atoms with Gasteiger partial charge < -0.3 is 11.5 Å². The van der Waals surface area contributed by atoms with Gasteiger partial charge in [-0.15, -0.1) is 11.3 Å². The van der Waals surface area contributed by atoms with Crippen molar-refractivity contribution in [1.82, 2.24) is 4.98 Å². The molecule has 4 nitrogen and oxygen atoms in total. The van der Waals surface area contributed by atoms with Gasteiger partial charge in [0.2, 0.25) is 0 Å². The number of rotatable bonds is 3. The molecule has 0 spiro atoms. The molecular weight excluding hydrogens is 268 g/mol. The normalized spacial score (nSPS) is 17.5. The Hall–Kier alpha value is -1.88. The summed E-state index contributed by atoms with van der Waals surface area (Å²) >= 11 is 1.75. The van der Waals surface area contributed by atoms with Gasteiger partial charge in [-0.25, -0.2) is 9.98 Å². The van der Waals surface area contributed by atoms with E-state index in [0.717, 1.165) is 17.8 Å². The SMILES string of the molecule is NC(N)=NCc1nc2c(s1)CC(c1ccccc1)CC2. The number of guanidine groups is 1. The lowest BCUT2D eigenvalue weighted by atomic mass is 9.85. The predicted molar refractivity (Wildman–Crippen MR) is 82.8 cm³/mol. The molecule has 3 rings (SSSR count). The molecule has 0 amide bonds. The first-order valence-electron chi connectivity index (χ1n) is 6.80. The summed E-state index contributed by atoms with van der Waals surface area (Å²) in [6, 6.07) is 10.7. The number of benzene rings is 1. The van der Waals surface area contributed by atoms with Crippen LogP contribution < -0.4 is 11.5 Å². The quantitative estimate of drug-likeness (QED) is 0.670. The first kappa shape index (κ1) is 13.1. The fourth-order valence-corrected chi connectivity index (χ4v) is 3.78. The molecule has 1 aliphatic carbocycles. The molecule has 1 unspecified atom stereocenters. The Labute approximate surface area is 122 Å². The molecule has 1 atom stereocenters. The summed E-state index contributed by atoms with van der Waals surface area (Å²) in [4.78, 5) is 10.1. The fraction of sp³-hybridized carbons (Fsp3) is 0.333. The Morgan fingerprint density at radius 2 is 2.10 bits per heavy atom. The molecule has 1 aromatic carbocycles. The number of aryl methyl sites for hydroxylation is 1. The minimum absolute atomic E-state index is 0.125. The average Bonchev–Trinajstić information content (AvgIpc) is 2.88. The average molecular weight is 286 g/mol. The molecule has 0 fully saturated rings. The monoisotopic (exact) mass is 286 g/mol. The van der Waals surface area contributed by atoms with Crippen LogP contribution in [-0.4, -0.2) is 10.9 Å². The third kappa shape index (κ3) is 2.82. The molecule has 1 aliphatic rings. The highest BCUT2D eigenvalue weighted by molar-refractivity contribution is 7.11. The smallest absolute Gasteiger partial charge is 0.186 e. The summed E-state index contributed by atoms with van der Waals surface area (Å²) in [6.07, 6.45) is 3.30. The minimum Gasteiger partial charge on any atom is -0.370 e. The van der Waals surface area contributed by atoms with Crippen LogP contribution in [0.1, 0.15) is 33.5 Å². The summed E-state index contributed by atoms with van der Waals surface area (Å²) in [5.74, 6) is 0.736. The number of nitrogens with two attached hydrogens (primary N) is 2. The Balaban J connectivity index is 1.76. The molecule has 0 saturated carbocycles. The Kier molecular flexibility index (Phi) is 3.69. The van der Waals surface area contributed by atoms with Crippen molar-refractivity contribution in [2.45, 2.75) is 31.7 Å². The lowest BCUT2D eigenvalue weighted by Gasteiger charge is -2.21. The van der Waals surface area contributed by atoms with Gasteiger partial charge in [-0.2, -0.15) is 0 Å². The van der Waals surface area contributed by atoms with Crippen molar-refractivity contribution in [2.75, 3.05) is 0 Å². The number of nitrogens with zero attached hydrogens (tertiary/aromatic N) is 2. The minimum atomic E-state index is 0.125. The predicted octanol–water partition coefficient (Wildman–Crippen LogP) is 2.19. The zero-order valence-corrected chi connectivity index (χ0v) is 12.1. The van der Waals surface area contributed by atoms with Crippen LogP contribution in [-0.2, 0) is 19.4 Å². The van der Waals surface area contributed by atoms with Gasteiger partial charge in [-0.3, -0.25) is 0 Å². The molecule has 20 heavy (non-hydrogen) atoms. The van der Waals surface area contributed by atoms with Crippen LogP contribution in [0.4, 0.5) is 0 Å². The van der Waals surface area contributed by atoms with E-state index in [2.05, 4.69) is 40.3 Å². The van der Waals surface area contributed by atoms with Gasteiger partial charge in [0.05, 0.1) is 12.2 Å². The van der Waals surface area contributed by atoms with Crippen molar-refractivity contribution < 1.29 is 0 Å². The number of aromatic nitrogens is 1. The van der Waals surface area contributed by atoms with E-state index in [-0.39, 0.29) is 5.96 Å². The highest BCUT2D eigenvalue weighted by Gasteiger charge is 2.23. The number of fused-ring (bicyclic) bond motifs is 1. The molecule has 2 aromatic rings. The lowest BCUT2D eigenvalue weighted by molar-refractivity contribution is 0.584. The van der Waals surface area contributed by atoms with Crippen molar-refractivity contribution in [1.29, 1.82) is 0 Å². The zero-order chi connectivity index (χ0) is 13.9. The third-order valence-electron chi connectivity index (χ3n) is 3.65. The maximum atomic E-state index is 5.37. The Morgan fingerprint density at radius 1 is 1.30 bits per heavy atom. The van der Waals surface area contributed by atoms with Crippen molar-refractivity contribution in [3.63, 3.8) is 0 Å². The lowest BCUT2D eigenvalue weighted by Crippen LogP contribution is -2.22. The van der Waals surface area contributed by atoms with Crippen molar-refractivity contribution in [2.24, 2.45) is 16.5 Å². The molecule has 5 heteroatoms. The second kappa shape index (κ2) is 5.63. The number of aliphatic imine (C=N–C) groups is 1. The molecule has 4 N–H and O–H groups in total. The molecule has 0 radical (unpaired) electrons. The van der Waals surface area contributed by atoms with Crippen LogP contribution in [0, 0.1) is 0 Å². The van der Waals surface area contributed by atoms with Gasteiger partial charge in [0.15, 0.2) is 5.96 Å². The van der Waals surface area contributed by atoms with E-state index in [1.807, 2.05) is 0 Å². The van der Waals surface area contributed by atoms with E-state index in [9.17, 15) is 0 Å². The molecule has 104 valence electrons. The largest absolute Gasteiger partial charge is 0.370 e. The van der Waals surface area contributed by atoms with Crippen LogP contribution in [0.5, 0.6) is 0 Å². The van der Waals surface area contributed by atoms with Gasteiger partial charge in [-0.1, -0.05) is 30.3 Å². The molecule has 1 aromatic heterocycles. The van der Waals surface area contributed by atoms with Crippen molar-refractivity contribution in [3.8, 4) is 0 Å². The van der Waals surface area contributed by atoms with E-state index >= 15 is 0 Å². The van der Waals surface area contributed by atoms with E-state index in [0.29, 0.717) is 12.5 Å². The Morgan fingerprint density at radius 3 is 2.85 bits per heavy atom. The van der Waals surface area contributed by atoms with E-state index in [4.69, 9.17) is 11.5 Å². The van der Waals surface area contributed by atoms with Gasteiger partial charge in [-0.05, 0) is 30.7 Å². The van der Waals surface area contributed by atoms with Crippen molar-refractivity contribution in [3.05, 3.63) is 51.5 Å². The first-order valence-corrected chi connectivity index (χ1v) is 7.62. The van der Waals surface area contributed by atoms with Gasteiger partial charge in [0.1, 0.15) is 5.01 Å². The van der Waals surface area contributed by atoms with Gasteiger partial charge >= 0.3 is 0 Å². The number of thiazole rings is 1. The Bertz CT molecular complexity index is 614. The highest BCUT2D eigenvalue weighted by Crippen LogP contribution is 2.35. The van der Waals surface area contributed by atoms with Gasteiger partial charge in [0.25, 0.3) is 0 Å². The van der Waals surface area contributed by atoms with Gasteiger partial charge in [0, 0.05) is 4.88 Å². The van der Waals surface area contributed by atoms with Crippen LogP contribution in [0.15, 0.2) is 35.3 Å². The molecule has 0 bridgehead atoms. The van der Waals surface area contributed by atoms with Crippen LogP contribution in [0.25, 0.3) is 0 Å². The maximum absolute atomic E-state index is 5.37. The second-order valence-electron chi connectivity index (χ2n) is 5.07. The van der Waals surface area contributed by atoms with Crippen LogP contribution >= 0.6 is 11.3 Å². The van der Waals surface area contributed by atoms with E-state index < -0.39 is 0 Å². The maximum Gasteiger partial charge on any atom is 0.186 e. The second-order valence-corrected chi connectivity index (χ2v) is 6.24. The van der Waals surface area contributed by atoms with E-state index in [1.54, 1.807) is 11.3 Å². The summed E-state index contributed by atoms with van der Waals surface area (Å²) < 4.78 is 0. The van der Waals surface area contributed by atoms with E-state index in [1.165, 1.54) is 22.6 Å². The fourth-order valence-electron chi connectivity index (χ4n) is 2.66. The molecule has 1 heterocycles. The zero-order valence-electron chi connectivity index (χ0n) is 11.2. The third-order valence-corrected chi connectivity index (χ3v) is 4.76. The summed E-state index contributed by atoms with van der Waals surface area (Å²) in [5, 5.41) is 1.01. The molecule has 0 aliphatic heterocycles. The summed E-state index contributed by atoms with van der Waals surface area (Å²) in [5.41, 5.74) is 13.4. The standard InChI is InChI=1S/C15H18N4S/c16-15(17)18-9-14-19-12-7-6-11(8-13(12)20-14)10-4-2-1-3-5-10/h1-5,11H,6-9H2,(H4,16,17,18). The summed E-state index contributed by atoms with van der Waals surface area (Å²) in [6.45, 7) is 0.496. The number of hydrogen-bond acceptors (Lipinski definition) is 3. The van der Waals surface area contributed by atoms with Crippen LogP contribution in [0.3, 0.4) is 0 Å². The molecule has 0 saturated heterocycles.